The fourth-order valence-electron chi connectivity index (χ4n) is 1.83. The van der Waals surface area contributed by atoms with Crippen LogP contribution in [-0.4, -0.2) is 17.6 Å². The quantitative estimate of drug-likeness (QED) is 0.756. The lowest BCUT2D eigenvalue weighted by Gasteiger charge is -2.06. The van der Waals surface area contributed by atoms with E-state index in [0.717, 1.165) is 5.69 Å². The van der Waals surface area contributed by atoms with Crippen molar-refractivity contribution in [2.75, 3.05) is 11.9 Å². The smallest absolute Gasteiger partial charge is 0.304 e. The number of carbonyl (C=O) groups is 1. The Balaban J connectivity index is 2.33. The fraction of sp³-hybridized carbons (Fsp3) is 0.300. The summed E-state index contributed by atoms with van der Waals surface area (Å²) in [6.07, 6.45) is -0.0269. The molecule has 74 valence electrons. The van der Waals surface area contributed by atoms with Crippen LogP contribution in [0, 0.1) is 5.82 Å². The Hall–Kier alpha value is -1.58. The lowest BCUT2D eigenvalue weighted by molar-refractivity contribution is -0.137. The van der Waals surface area contributed by atoms with Crippen LogP contribution in [-0.2, 0) is 4.79 Å². The largest absolute Gasteiger partial charge is 0.481 e. The minimum Gasteiger partial charge on any atom is -0.481 e. The van der Waals surface area contributed by atoms with E-state index in [-0.39, 0.29) is 18.2 Å². The molecule has 3 nitrogen and oxygen atoms in total. The summed E-state index contributed by atoms with van der Waals surface area (Å²) in [5.74, 6) is -1.46. The normalized spacial score (nSPS) is 18.8. The first-order chi connectivity index (χ1) is 6.68. The molecule has 4 heteroatoms. The van der Waals surface area contributed by atoms with Crippen molar-refractivity contribution in [1.29, 1.82) is 0 Å². The first kappa shape index (κ1) is 8.99. The lowest BCUT2D eigenvalue weighted by Crippen LogP contribution is -2.08. The van der Waals surface area contributed by atoms with Crippen molar-refractivity contribution in [2.45, 2.75) is 12.3 Å². The second-order valence-corrected chi connectivity index (χ2v) is 3.38. The molecule has 1 aromatic carbocycles. The summed E-state index contributed by atoms with van der Waals surface area (Å²) in [6.45, 7) is 0.503. The van der Waals surface area contributed by atoms with Crippen LogP contribution in [0.5, 0.6) is 0 Å². The fourth-order valence-corrected chi connectivity index (χ4v) is 1.83. The Labute approximate surface area is 80.6 Å². The summed E-state index contributed by atoms with van der Waals surface area (Å²) < 4.78 is 13.4. The third kappa shape index (κ3) is 1.43. The van der Waals surface area contributed by atoms with E-state index in [2.05, 4.69) is 5.32 Å². The zero-order chi connectivity index (χ0) is 10.1. The van der Waals surface area contributed by atoms with E-state index in [4.69, 9.17) is 5.11 Å². The maximum absolute atomic E-state index is 13.4. The van der Waals surface area contributed by atoms with E-state index in [0.29, 0.717) is 12.1 Å². The maximum Gasteiger partial charge on any atom is 0.304 e. The Morgan fingerprint density at radius 2 is 2.43 bits per heavy atom. The monoisotopic (exact) mass is 195 g/mol. The number of carboxylic acid groups (broad SMARTS) is 1. The van der Waals surface area contributed by atoms with E-state index in [1.807, 2.05) is 0 Å². The Bertz CT molecular complexity index is 378. The van der Waals surface area contributed by atoms with Crippen molar-refractivity contribution >= 4 is 11.7 Å². The zero-order valence-electron chi connectivity index (χ0n) is 7.46. The molecule has 0 spiro atoms. The number of anilines is 1. The van der Waals surface area contributed by atoms with E-state index in [1.165, 1.54) is 6.07 Å². The van der Waals surface area contributed by atoms with Crippen LogP contribution in [0.3, 0.4) is 0 Å². The molecule has 1 unspecified atom stereocenters. The predicted molar refractivity (Wildman–Crippen MR) is 49.9 cm³/mol. The molecule has 0 saturated carbocycles. The van der Waals surface area contributed by atoms with Crippen molar-refractivity contribution in [3.8, 4) is 0 Å². The van der Waals surface area contributed by atoms with Crippen molar-refractivity contribution in [1.82, 2.24) is 0 Å². The molecule has 1 atom stereocenters. The molecule has 1 aliphatic heterocycles. The van der Waals surface area contributed by atoms with E-state index in [1.54, 1.807) is 12.1 Å². The highest BCUT2D eigenvalue weighted by atomic mass is 19.1. The van der Waals surface area contributed by atoms with Gasteiger partial charge in [0.25, 0.3) is 0 Å². The number of benzene rings is 1. The van der Waals surface area contributed by atoms with Crippen LogP contribution < -0.4 is 5.32 Å². The SMILES string of the molecule is O=C(O)CC1CNc2cccc(F)c21. The molecule has 0 amide bonds. The molecule has 14 heavy (non-hydrogen) atoms. The third-order valence-electron chi connectivity index (χ3n) is 2.42. The standard InChI is InChI=1S/C10H10FNO2/c11-7-2-1-3-8-10(7)6(5-12-8)4-9(13)14/h1-3,6,12H,4-5H2,(H,13,14). The Morgan fingerprint density at radius 3 is 3.14 bits per heavy atom. The van der Waals surface area contributed by atoms with Gasteiger partial charge in [0.1, 0.15) is 5.82 Å². The van der Waals surface area contributed by atoms with Crippen LogP contribution in [0.2, 0.25) is 0 Å². The van der Waals surface area contributed by atoms with Crippen LogP contribution in [0.4, 0.5) is 10.1 Å². The number of halogens is 1. The molecular formula is C10H10FNO2. The van der Waals surface area contributed by atoms with Gasteiger partial charge in [0.15, 0.2) is 0 Å². The van der Waals surface area contributed by atoms with Crippen molar-refractivity contribution in [2.24, 2.45) is 0 Å². The van der Waals surface area contributed by atoms with Crippen LogP contribution in [0.1, 0.15) is 17.9 Å². The Kier molecular flexibility index (Phi) is 2.11. The summed E-state index contributed by atoms with van der Waals surface area (Å²) in [7, 11) is 0. The summed E-state index contributed by atoms with van der Waals surface area (Å²) >= 11 is 0. The average molecular weight is 195 g/mol. The summed E-state index contributed by atoms with van der Waals surface area (Å²) in [6, 6.07) is 4.74. The van der Waals surface area contributed by atoms with Gasteiger partial charge in [0, 0.05) is 23.7 Å². The first-order valence-corrected chi connectivity index (χ1v) is 4.42. The number of fused-ring (bicyclic) bond motifs is 1. The van der Waals surface area contributed by atoms with E-state index >= 15 is 0 Å². The molecule has 2 rings (SSSR count). The van der Waals surface area contributed by atoms with E-state index in [9.17, 15) is 9.18 Å². The zero-order valence-corrected chi connectivity index (χ0v) is 7.46. The van der Waals surface area contributed by atoms with Gasteiger partial charge in [-0.15, -0.1) is 0 Å². The number of nitrogens with one attached hydrogen (secondary N) is 1. The van der Waals surface area contributed by atoms with Crippen LogP contribution >= 0.6 is 0 Å². The first-order valence-electron chi connectivity index (χ1n) is 4.42. The van der Waals surface area contributed by atoms with Gasteiger partial charge in [-0.25, -0.2) is 4.39 Å². The highest BCUT2D eigenvalue weighted by Crippen LogP contribution is 2.35. The van der Waals surface area contributed by atoms with E-state index < -0.39 is 5.97 Å². The molecule has 0 bridgehead atoms. The summed E-state index contributed by atoms with van der Waals surface area (Å²) in [4.78, 5) is 10.5. The number of hydrogen-bond acceptors (Lipinski definition) is 2. The number of hydrogen-bond donors (Lipinski definition) is 2. The second kappa shape index (κ2) is 3.29. The van der Waals surface area contributed by atoms with Crippen LogP contribution in [0.15, 0.2) is 18.2 Å². The Morgan fingerprint density at radius 1 is 1.64 bits per heavy atom. The van der Waals surface area contributed by atoms with Crippen molar-refractivity contribution < 1.29 is 14.3 Å². The van der Waals surface area contributed by atoms with Gasteiger partial charge in [0.05, 0.1) is 6.42 Å². The van der Waals surface area contributed by atoms with Gasteiger partial charge in [-0.1, -0.05) is 6.07 Å². The average Bonchev–Trinajstić information content (AvgIpc) is 2.49. The van der Waals surface area contributed by atoms with Crippen LogP contribution in [0.25, 0.3) is 0 Å². The van der Waals surface area contributed by atoms with Gasteiger partial charge >= 0.3 is 5.97 Å². The molecule has 0 saturated heterocycles. The topological polar surface area (TPSA) is 49.3 Å². The van der Waals surface area contributed by atoms with Crippen molar-refractivity contribution in [3.63, 3.8) is 0 Å². The minimum atomic E-state index is -0.895. The minimum absolute atomic E-state index is 0.0269. The number of rotatable bonds is 2. The maximum atomic E-state index is 13.4. The van der Waals surface area contributed by atoms with Gasteiger partial charge < -0.3 is 10.4 Å². The number of aliphatic carboxylic acids is 1. The second-order valence-electron chi connectivity index (χ2n) is 3.38. The molecule has 0 radical (unpaired) electrons. The molecule has 2 N–H and O–H groups in total. The molecule has 0 aliphatic carbocycles. The van der Waals surface area contributed by atoms with Gasteiger partial charge in [0.2, 0.25) is 0 Å². The molecule has 0 aromatic heterocycles. The highest BCUT2D eigenvalue weighted by molar-refractivity contribution is 5.70. The number of carboxylic acids is 1. The third-order valence-corrected chi connectivity index (χ3v) is 2.42. The molecular weight excluding hydrogens is 185 g/mol. The van der Waals surface area contributed by atoms with Crippen molar-refractivity contribution in [3.05, 3.63) is 29.6 Å². The molecule has 0 fully saturated rings. The van der Waals surface area contributed by atoms with Gasteiger partial charge in [-0.05, 0) is 12.1 Å². The summed E-state index contributed by atoms with van der Waals surface area (Å²) in [5.41, 5.74) is 1.23. The molecule has 1 aliphatic rings. The highest BCUT2D eigenvalue weighted by Gasteiger charge is 2.27. The van der Waals surface area contributed by atoms with Gasteiger partial charge in [-0.3, -0.25) is 4.79 Å². The van der Waals surface area contributed by atoms with Gasteiger partial charge in [-0.2, -0.15) is 0 Å². The molecule has 1 aromatic rings. The summed E-state index contributed by atoms with van der Waals surface area (Å²) in [5, 5.41) is 11.6. The molecule has 1 heterocycles. The lowest BCUT2D eigenvalue weighted by atomic mass is 9.97. The predicted octanol–water partition coefficient (Wildman–Crippen LogP) is 1.81.